The number of nitrogens with one attached hydrogen (secondary N) is 1. The van der Waals surface area contributed by atoms with Gasteiger partial charge in [0, 0.05) is 41.4 Å². The van der Waals surface area contributed by atoms with Crippen molar-refractivity contribution in [3.05, 3.63) is 101 Å². The summed E-state index contributed by atoms with van der Waals surface area (Å²) in [5.41, 5.74) is 4.31. The summed E-state index contributed by atoms with van der Waals surface area (Å²) in [6, 6.07) is 20.8. The van der Waals surface area contributed by atoms with E-state index in [2.05, 4.69) is 15.2 Å². The van der Waals surface area contributed by atoms with Gasteiger partial charge in [-0.2, -0.15) is 5.10 Å². The third-order valence-corrected chi connectivity index (χ3v) is 5.92. The average Bonchev–Trinajstić information content (AvgIpc) is 3.24. The number of pyridine rings is 1. The Balaban J connectivity index is 1.58. The first-order chi connectivity index (χ1) is 16.5. The van der Waals surface area contributed by atoms with Gasteiger partial charge in [-0.3, -0.25) is 19.7 Å². The number of aromatic nitrogens is 3. The average molecular weight is 473 g/mol. The summed E-state index contributed by atoms with van der Waals surface area (Å²) >= 11 is 5.97. The lowest BCUT2D eigenvalue weighted by Crippen LogP contribution is -2.38. The van der Waals surface area contributed by atoms with Crippen molar-refractivity contribution in [3.8, 4) is 11.3 Å². The van der Waals surface area contributed by atoms with Crippen LogP contribution in [0.5, 0.6) is 0 Å². The number of nitrogens with zero attached hydrogens (tertiary/aromatic N) is 3. The van der Waals surface area contributed by atoms with Crippen LogP contribution in [0.3, 0.4) is 0 Å². The summed E-state index contributed by atoms with van der Waals surface area (Å²) < 4.78 is 0. The van der Waals surface area contributed by atoms with Gasteiger partial charge < -0.3 is 0 Å². The Morgan fingerprint density at radius 1 is 0.853 bits per heavy atom. The Bertz CT molecular complexity index is 1260. The number of rotatable bonds is 8. The quantitative estimate of drug-likeness (QED) is 0.364. The van der Waals surface area contributed by atoms with Crippen LogP contribution in [0.2, 0.25) is 5.02 Å². The minimum Gasteiger partial charge on any atom is -0.274 e. The van der Waals surface area contributed by atoms with Crippen molar-refractivity contribution in [2.45, 2.75) is 32.6 Å². The summed E-state index contributed by atoms with van der Waals surface area (Å²) in [6.07, 6.45) is 4.81. The summed E-state index contributed by atoms with van der Waals surface area (Å²) in [7, 11) is 0. The topological polar surface area (TPSA) is 79.0 Å². The molecule has 0 aliphatic heterocycles. The normalized spacial score (nSPS) is 10.8. The van der Waals surface area contributed by atoms with Gasteiger partial charge in [0.05, 0.1) is 5.69 Å². The first kappa shape index (κ1) is 23.4. The summed E-state index contributed by atoms with van der Waals surface area (Å²) in [4.78, 5) is 32.0. The van der Waals surface area contributed by atoms with Crippen LogP contribution in [0.15, 0.2) is 79.1 Å². The molecular formula is C27H25ClN4O2. The predicted octanol–water partition coefficient (Wildman–Crippen LogP) is 5.56. The number of aryl methyl sites for hydroxylation is 2. The molecule has 2 aromatic carbocycles. The second-order valence-electron chi connectivity index (χ2n) is 8.02. The van der Waals surface area contributed by atoms with Crippen molar-refractivity contribution < 1.29 is 9.59 Å². The molecule has 2 aromatic heterocycles. The van der Waals surface area contributed by atoms with Crippen molar-refractivity contribution in [1.82, 2.24) is 15.2 Å². The van der Waals surface area contributed by atoms with Crippen LogP contribution in [0.25, 0.3) is 11.3 Å². The fourth-order valence-electron chi connectivity index (χ4n) is 3.81. The molecular weight excluding hydrogens is 448 g/mol. The van der Waals surface area contributed by atoms with Gasteiger partial charge in [-0.15, -0.1) is 0 Å². The third-order valence-electron chi connectivity index (χ3n) is 5.67. The number of carbonyl (C=O) groups is 2. The zero-order valence-corrected chi connectivity index (χ0v) is 19.6. The van der Waals surface area contributed by atoms with Gasteiger partial charge in [0.2, 0.25) is 11.8 Å². The van der Waals surface area contributed by atoms with E-state index in [1.807, 2.05) is 61.5 Å². The molecule has 4 rings (SSSR count). The zero-order chi connectivity index (χ0) is 23.9. The molecule has 7 heteroatoms. The van der Waals surface area contributed by atoms with Crippen LogP contribution >= 0.6 is 11.6 Å². The Kier molecular flexibility index (Phi) is 7.50. The first-order valence-corrected chi connectivity index (χ1v) is 11.5. The molecule has 2 amide bonds. The molecule has 1 N–H and O–H groups in total. The molecule has 0 unspecified atom stereocenters. The molecule has 0 radical (unpaired) electrons. The van der Waals surface area contributed by atoms with Crippen molar-refractivity contribution in [2.75, 3.05) is 4.90 Å². The Morgan fingerprint density at radius 2 is 1.44 bits per heavy atom. The highest BCUT2D eigenvalue weighted by molar-refractivity contribution is 6.30. The lowest BCUT2D eigenvalue weighted by atomic mass is 10.1. The van der Waals surface area contributed by atoms with E-state index in [0.29, 0.717) is 29.4 Å². The van der Waals surface area contributed by atoms with E-state index in [4.69, 9.17) is 11.6 Å². The number of H-pyrrole nitrogens is 1. The van der Waals surface area contributed by atoms with Crippen LogP contribution in [0.1, 0.15) is 29.5 Å². The van der Waals surface area contributed by atoms with Crippen molar-refractivity contribution in [3.63, 3.8) is 0 Å². The minimum absolute atomic E-state index is 0.182. The molecule has 4 aromatic rings. The molecule has 0 atom stereocenters. The molecule has 2 heterocycles. The lowest BCUT2D eigenvalue weighted by Gasteiger charge is -2.20. The van der Waals surface area contributed by atoms with Gasteiger partial charge in [0.25, 0.3) is 0 Å². The molecule has 0 fully saturated rings. The number of carbonyl (C=O) groups excluding carboxylic acids is 2. The highest BCUT2D eigenvalue weighted by Crippen LogP contribution is 2.29. The van der Waals surface area contributed by atoms with Gasteiger partial charge in [-0.25, -0.2) is 4.90 Å². The van der Waals surface area contributed by atoms with Crippen LogP contribution in [-0.2, 0) is 22.4 Å². The molecule has 0 bridgehead atoms. The Morgan fingerprint density at radius 3 is 2.06 bits per heavy atom. The summed E-state index contributed by atoms with van der Waals surface area (Å²) in [5.74, 6) is -0.134. The molecule has 0 spiro atoms. The van der Waals surface area contributed by atoms with Crippen LogP contribution in [-0.4, -0.2) is 27.0 Å². The molecule has 0 saturated carbocycles. The van der Waals surface area contributed by atoms with Gasteiger partial charge in [0.1, 0.15) is 5.82 Å². The largest absolute Gasteiger partial charge is 0.274 e. The fraction of sp³-hybridized carbons (Fsp3) is 0.185. The van der Waals surface area contributed by atoms with Gasteiger partial charge >= 0.3 is 0 Å². The van der Waals surface area contributed by atoms with Crippen molar-refractivity contribution in [1.29, 1.82) is 0 Å². The molecule has 6 nitrogen and oxygen atoms in total. The van der Waals surface area contributed by atoms with E-state index < -0.39 is 0 Å². The van der Waals surface area contributed by atoms with Gasteiger partial charge in [0.15, 0.2) is 0 Å². The molecule has 0 saturated heterocycles. The number of hydrogen-bond acceptors (Lipinski definition) is 4. The second-order valence-corrected chi connectivity index (χ2v) is 8.45. The highest BCUT2D eigenvalue weighted by atomic mass is 35.5. The first-order valence-electron chi connectivity index (χ1n) is 11.1. The number of aromatic amines is 1. The molecule has 0 aliphatic carbocycles. The van der Waals surface area contributed by atoms with E-state index >= 15 is 0 Å². The Hall–Kier alpha value is -3.77. The number of amides is 2. The standard InChI is InChI=1S/C27H25ClN4O2/c1-19-26(22-15-17-29-18-16-22)30-31-27(19)32(24(33)13-9-20-5-3-2-4-6-20)25(34)14-10-21-7-11-23(28)12-8-21/h2-8,11-12,15-18H,9-10,13-14H2,1H3,(H,30,31). The molecule has 172 valence electrons. The second kappa shape index (κ2) is 10.9. The van der Waals surface area contributed by atoms with Gasteiger partial charge in [-0.05, 0) is 55.2 Å². The maximum Gasteiger partial charge on any atom is 0.235 e. The molecule has 0 aliphatic rings. The van der Waals surface area contributed by atoms with E-state index in [1.54, 1.807) is 24.5 Å². The number of benzene rings is 2. The lowest BCUT2D eigenvalue weighted by molar-refractivity contribution is -0.126. The van der Waals surface area contributed by atoms with Crippen LogP contribution in [0.4, 0.5) is 5.82 Å². The van der Waals surface area contributed by atoms with E-state index in [1.165, 1.54) is 4.90 Å². The van der Waals surface area contributed by atoms with Crippen LogP contribution in [0, 0.1) is 6.92 Å². The minimum atomic E-state index is -0.277. The third kappa shape index (κ3) is 5.58. The maximum atomic E-state index is 13.4. The fourth-order valence-corrected chi connectivity index (χ4v) is 3.93. The van der Waals surface area contributed by atoms with Crippen molar-refractivity contribution >= 4 is 29.2 Å². The van der Waals surface area contributed by atoms with Crippen LogP contribution < -0.4 is 4.90 Å². The van der Waals surface area contributed by atoms with E-state index in [-0.39, 0.29) is 24.7 Å². The zero-order valence-electron chi connectivity index (χ0n) is 18.9. The van der Waals surface area contributed by atoms with E-state index in [9.17, 15) is 9.59 Å². The highest BCUT2D eigenvalue weighted by Gasteiger charge is 2.27. The number of hydrogen-bond donors (Lipinski definition) is 1. The number of halogens is 1. The smallest absolute Gasteiger partial charge is 0.235 e. The summed E-state index contributed by atoms with van der Waals surface area (Å²) in [5, 5.41) is 7.98. The Labute approximate surface area is 203 Å². The maximum absolute atomic E-state index is 13.4. The monoisotopic (exact) mass is 472 g/mol. The van der Waals surface area contributed by atoms with E-state index in [0.717, 1.165) is 22.3 Å². The number of anilines is 1. The predicted molar refractivity (Wildman–Crippen MR) is 134 cm³/mol. The van der Waals surface area contributed by atoms with Gasteiger partial charge in [-0.1, -0.05) is 54.1 Å². The summed E-state index contributed by atoms with van der Waals surface area (Å²) in [6.45, 7) is 1.86. The number of imide groups is 1. The SMILES string of the molecule is Cc1c(-c2ccncc2)n[nH]c1N(C(=O)CCc1ccccc1)C(=O)CCc1ccc(Cl)cc1. The van der Waals surface area contributed by atoms with Crippen molar-refractivity contribution in [2.24, 2.45) is 0 Å². The molecule has 34 heavy (non-hydrogen) atoms.